The summed E-state index contributed by atoms with van der Waals surface area (Å²) in [6.07, 6.45) is 3.69. The van der Waals surface area contributed by atoms with Crippen molar-refractivity contribution in [1.82, 2.24) is 0 Å². The third-order valence-electron chi connectivity index (χ3n) is 4.46. The third kappa shape index (κ3) is 3.47. The standard InChI is InChI=1S/C18H29NO/c1-12-8-16(20)13(2)7-15(12)19-14-9-17(3,4)11-18(5,6)10-14/h7-8,14,19-20H,9-11H2,1-6H3. The van der Waals surface area contributed by atoms with Gasteiger partial charge in [-0.25, -0.2) is 0 Å². The number of rotatable bonds is 2. The van der Waals surface area contributed by atoms with Gasteiger partial charge in [0.1, 0.15) is 5.75 Å². The van der Waals surface area contributed by atoms with Gasteiger partial charge in [-0.1, -0.05) is 27.7 Å². The van der Waals surface area contributed by atoms with Gasteiger partial charge in [-0.05, 0) is 67.2 Å². The van der Waals surface area contributed by atoms with Crippen LogP contribution in [0.25, 0.3) is 0 Å². The van der Waals surface area contributed by atoms with Crippen molar-refractivity contribution in [1.29, 1.82) is 0 Å². The number of aromatic hydroxyl groups is 1. The van der Waals surface area contributed by atoms with Gasteiger partial charge in [0.15, 0.2) is 0 Å². The van der Waals surface area contributed by atoms with Crippen molar-refractivity contribution >= 4 is 5.69 Å². The Bertz CT molecular complexity index is 486. The maximum atomic E-state index is 9.77. The molecule has 20 heavy (non-hydrogen) atoms. The van der Waals surface area contributed by atoms with Crippen molar-refractivity contribution < 1.29 is 5.11 Å². The van der Waals surface area contributed by atoms with E-state index < -0.39 is 0 Å². The molecule has 1 aliphatic rings. The second kappa shape index (κ2) is 4.98. The Labute approximate surface area is 123 Å². The van der Waals surface area contributed by atoms with E-state index in [1.54, 1.807) is 0 Å². The first-order valence-corrected chi connectivity index (χ1v) is 7.65. The minimum atomic E-state index is 0.386. The number of phenolic OH excluding ortho intramolecular Hbond substituents is 1. The first-order valence-electron chi connectivity index (χ1n) is 7.65. The molecule has 0 aromatic heterocycles. The minimum Gasteiger partial charge on any atom is -0.508 e. The van der Waals surface area contributed by atoms with Crippen molar-refractivity contribution in [3.8, 4) is 5.75 Å². The second-order valence-corrected chi connectivity index (χ2v) is 8.21. The number of hydrogen-bond acceptors (Lipinski definition) is 2. The summed E-state index contributed by atoms with van der Waals surface area (Å²) < 4.78 is 0. The van der Waals surface area contributed by atoms with Crippen LogP contribution in [-0.4, -0.2) is 11.1 Å². The quantitative estimate of drug-likeness (QED) is 0.742. The molecule has 0 unspecified atom stereocenters. The molecular formula is C18H29NO. The van der Waals surface area contributed by atoms with Crippen LogP contribution < -0.4 is 5.32 Å². The first-order chi connectivity index (χ1) is 9.08. The number of benzene rings is 1. The zero-order valence-corrected chi connectivity index (χ0v) is 13.8. The average Bonchev–Trinajstić information content (AvgIpc) is 2.21. The summed E-state index contributed by atoms with van der Waals surface area (Å²) in [6.45, 7) is 13.5. The summed E-state index contributed by atoms with van der Waals surface area (Å²) in [4.78, 5) is 0. The van der Waals surface area contributed by atoms with Crippen molar-refractivity contribution in [2.75, 3.05) is 5.32 Å². The number of hydrogen-bond donors (Lipinski definition) is 2. The summed E-state index contributed by atoms with van der Waals surface area (Å²) >= 11 is 0. The fraction of sp³-hybridized carbons (Fsp3) is 0.667. The monoisotopic (exact) mass is 275 g/mol. The molecule has 0 saturated heterocycles. The summed E-state index contributed by atoms with van der Waals surface area (Å²) in [5, 5.41) is 13.5. The average molecular weight is 275 g/mol. The van der Waals surface area contributed by atoms with Gasteiger partial charge >= 0.3 is 0 Å². The number of nitrogens with one attached hydrogen (secondary N) is 1. The predicted octanol–water partition coefficient (Wildman–Crippen LogP) is 5.03. The highest BCUT2D eigenvalue weighted by Gasteiger charge is 2.38. The summed E-state index contributed by atoms with van der Waals surface area (Å²) in [6, 6.07) is 4.44. The van der Waals surface area contributed by atoms with Crippen molar-refractivity contribution in [2.24, 2.45) is 10.8 Å². The Morgan fingerprint density at radius 1 is 1.00 bits per heavy atom. The molecule has 0 heterocycles. The Kier molecular flexibility index (Phi) is 3.79. The van der Waals surface area contributed by atoms with Crippen LogP contribution in [0, 0.1) is 24.7 Å². The molecule has 0 radical (unpaired) electrons. The van der Waals surface area contributed by atoms with Gasteiger partial charge in [0.05, 0.1) is 0 Å². The van der Waals surface area contributed by atoms with Crippen LogP contribution in [0.15, 0.2) is 12.1 Å². The Morgan fingerprint density at radius 3 is 2.10 bits per heavy atom. The van der Waals surface area contributed by atoms with E-state index in [9.17, 15) is 5.11 Å². The summed E-state index contributed by atoms with van der Waals surface area (Å²) in [7, 11) is 0. The molecule has 0 bridgehead atoms. The number of anilines is 1. The van der Waals surface area contributed by atoms with E-state index in [1.807, 2.05) is 13.0 Å². The van der Waals surface area contributed by atoms with Gasteiger partial charge in [0, 0.05) is 11.7 Å². The molecule has 2 N–H and O–H groups in total. The van der Waals surface area contributed by atoms with Crippen molar-refractivity contribution in [3.05, 3.63) is 23.3 Å². The van der Waals surface area contributed by atoms with E-state index in [0.29, 0.717) is 22.6 Å². The number of aryl methyl sites for hydroxylation is 2. The molecule has 1 aromatic carbocycles. The van der Waals surface area contributed by atoms with Crippen LogP contribution >= 0.6 is 0 Å². The molecule has 2 nitrogen and oxygen atoms in total. The summed E-state index contributed by atoms with van der Waals surface area (Å²) in [5.41, 5.74) is 4.00. The van der Waals surface area contributed by atoms with Crippen LogP contribution in [0.5, 0.6) is 5.75 Å². The maximum absolute atomic E-state index is 9.77. The molecule has 0 amide bonds. The number of phenols is 1. The Balaban J connectivity index is 2.19. The van der Waals surface area contributed by atoms with Gasteiger partial charge in [-0.15, -0.1) is 0 Å². The minimum absolute atomic E-state index is 0.386. The fourth-order valence-electron chi connectivity index (χ4n) is 4.12. The lowest BCUT2D eigenvalue weighted by molar-refractivity contribution is 0.105. The van der Waals surface area contributed by atoms with Crippen LogP contribution in [0.3, 0.4) is 0 Å². The van der Waals surface area contributed by atoms with Crippen LogP contribution in [0.2, 0.25) is 0 Å². The predicted molar refractivity (Wildman–Crippen MR) is 86.4 cm³/mol. The first kappa shape index (κ1) is 15.2. The highest BCUT2D eigenvalue weighted by Crippen LogP contribution is 2.46. The van der Waals surface area contributed by atoms with Gasteiger partial charge in [-0.3, -0.25) is 0 Å². The lowest BCUT2D eigenvalue weighted by Crippen LogP contribution is -2.40. The SMILES string of the molecule is Cc1cc(NC2CC(C)(C)CC(C)(C)C2)c(C)cc1O. The smallest absolute Gasteiger partial charge is 0.118 e. The molecule has 112 valence electrons. The van der Waals surface area contributed by atoms with E-state index in [-0.39, 0.29) is 0 Å². The topological polar surface area (TPSA) is 32.3 Å². The molecule has 2 rings (SSSR count). The highest BCUT2D eigenvalue weighted by molar-refractivity contribution is 5.57. The maximum Gasteiger partial charge on any atom is 0.118 e. The Morgan fingerprint density at radius 2 is 1.55 bits per heavy atom. The van der Waals surface area contributed by atoms with Gasteiger partial charge in [-0.2, -0.15) is 0 Å². The van der Waals surface area contributed by atoms with Crippen LogP contribution in [-0.2, 0) is 0 Å². The molecule has 0 spiro atoms. The van der Waals surface area contributed by atoms with Crippen molar-refractivity contribution in [2.45, 2.75) is 66.8 Å². The van der Waals surface area contributed by atoms with E-state index in [1.165, 1.54) is 24.9 Å². The molecule has 0 aliphatic heterocycles. The second-order valence-electron chi connectivity index (χ2n) is 8.21. The van der Waals surface area contributed by atoms with Gasteiger partial charge in [0.2, 0.25) is 0 Å². The molecule has 1 saturated carbocycles. The lowest BCUT2D eigenvalue weighted by atomic mass is 9.63. The van der Waals surface area contributed by atoms with E-state index in [4.69, 9.17) is 0 Å². The van der Waals surface area contributed by atoms with E-state index in [2.05, 4.69) is 46.0 Å². The van der Waals surface area contributed by atoms with Crippen LogP contribution in [0.1, 0.15) is 58.1 Å². The molecule has 1 aliphatic carbocycles. The van der Waals surface area contributed by atoms with Crippen molar-refractivity contribution in [3.63, 3.8) is 0 Å². The highest BCUT2D eigenvalue weighted by atomic mass is 16.3. The molecule has 2 heteroatoms. The lowest BCUT2D eigenvalue weighted by Gasteiger charge is -2.45. The van der Waals surface area contributed by atoms with E-state index >= 15 is 0 Å². The normalized spacial score (nSPS) is 21.7. The zero-order valence-electron chi connectivity index (χ0n) is 13.8. The molecule has 1 fully saturated rings. The molecule has 0 atom stereocenters. The third-order valence-corrected chi connectivity index (χ3v) is 4.46. The summed E-state index contributed by atoms with van der Waals surface area (Å²) in [5.74, 6) is 0.386. The zero-order chi connectivity index (χ0) is 15.1. The van der Waals surface area contributed by atoms with Gasteiger partial charge in [0.25, 0.3) is 0 Å². The largest absolute Gasteiger partial charge is 0.508 e. The molecule has 1 aromatic rings. The van der Waals surface area contributed by atoms with E-state index in [0.717, 1.165) is 11.1 Å². The fourth-order valence-corrected chi connectivity index (χ4v) is 4.12. The van der Waals surface area contributed by atoms with Crippen LogP contribution in [0.4, 0.5) is 5.69 Å². The molecular weight excluding hydrogens is 246 g/mol. The van der Waals surface area contributed by atoms with Gasteiger partial charge < -0.3 is 10.4 Å². The Hall–Kier alpha value is -1.18.